The minimum Gasteiger partial charge on any atom is -0.351 e. The summed E-state index contributed by atoms with van der Waals surface area (Å²) in [5, 5.41) is 13.1. The molecule has 18 heavy (non-hydrogen) atoms. The number of carbonyl (C=O) groups is 1. The summed E-state index contributed by atoms with van der Waals surface area (Å²) in [4.78, 5) is 14.3. The first-order chi connectivity index (χ1) is 8.68. The van der Waals surface area contributed by atoms with Gasteiger partial charge in [-0.3, -0.25) is 14.8 Å². The summed E-state index contributed by atoms with van der Waals surface area (Å²) in [6.07, 6.45) is 0. The number of nitrogens with zero attached hydrogens (tertiary/aromatic N) is 2. The second kappa shape index (κ2) is 5.97. The minimum absolute atomic E-state index is 0.0334. The fourth-order valence-corrected chi connectivity index (χ4v) is 2.24. The molecule has 0 radical (unpaired) electrons. The maximum Gasteiger partial charge on any atom is 0.255 e. The number of rotatable bonds is 4. The van der Waals surface area contributed by atoms with Crippen molar-refractivity contribution in [3.05, 3.63) is 17.0 Å². The summed E-state index contributed by atoms with van der Waals surface area (Å²) in [6.45, 7) is 9.48. The third kappa shape index (κ3) is 3.08. The zero-order valence-corrected chi connectivity index (χ0v) is 11.0. The van der Waals surface area contributed by atoms with Gasteiger partial charge in [0.25, 0.3) is 5.91 Å². The van der Waals surface area contributed by atoms with Crippen molar-refractivity contribution in [3.8, 4) is 0 Å². The highest BCUT2D eigenvalue weighted by atomic mass is 16.1. The fraction of sp³-hybridized carbons (Fsp3) is 0.667. The maximum absolute atomic E-state index is 12.0. The van der Waals surface area contributed by atoms with E-state index in [1.165, 1.54) is 0 Å². The van der Waals surface area contributed by atoms with Crippen molar-refractivity contribution < 1.29 is 4.79 Å². The van der Waals surface area contributed by atoms with Crippen molar-refractivity contribution in [2.24, 2.45) is 0 Å². The van der Waals surface area contributed by atoms with E-state index in [2.05, 4.69) is 25.7 Å². The Labute approximate surface area is 107 Å². The number of carbonyl (C=O) groups excluding carboxylic acids is 1. The predicted octanol–water partition coefficient (Wildman–Crippen LogP) is -0.338. The molecule has 0 spiro atoms. The van der Waals surface area contributed by atoms with Crippen molar-refractivity contribution >= 4 is 5.91 Å². The van der Waals surface area contributed by atoms with E-state index in [0.717, 1.165) is 44.1 Å². The highest BCUT2D eigenvalue weighted by molar-refractivity contribution is 5.96. The summed E-state index contributed by atoms with van der Waals surface area (Å²) in [5.74, 6) is -0.0334. The summed E-state index contributed by atoms with van der Waals surface area (Å²) < 4.78 is 0. The van der Waals surface area contributed by atoms with Crippen LogP contribution < -0.4 is 10.6 Å². The Bertz CT molecular complexity index is 389. The van der Waals surface area contributed by atoms with Gasteiger partial charge >= 0.3 is 0 Å². The van der Waals surface area contributed by atoms with Crippen molar-refractivity contribution in [3.63, 3.8) is 0 Å². The van der Waals surface area contributed by atoms with E-state index in [-0.39, 0.29) is 5.91 Å². The standard InChI is InChI=1S/C12H21N5O/c1-9-11(10(2)16-15-9)12(18)14-5-8-17-6-3-13-4-7-17/h13H,3-8H2,1-2H3,(H,14,18)(H,15,16). The molecular weight excluding hydrogens is 230 g/mol. The Kier molecular flexibility index (Phi) is 4.33. The first-order valence-corrected chi connectivity index (χ1v) is 6.41. The van der Waals surface area contributed by atoms with Gasteiger partial charge in [-0.05, 0) is 13.8 Å². The Morgan fingerprint density at radius 2 is 2.11 bits per heavy atom. The summed E-state index contributed by atoms with van der Waals surface area (Å²) in [7, 11) is 0. The van der Waals surface area contributed by atoms with Gasteiger partial charge in [0, 0.05) is 45.0 Å². The molecule has 1 aromatic heterocycles. The maximum atomic E-state index is 12.0. The number of H-pyrrole nitrogens is 1. The minimum atomic E-state index is -0.0334. The van der Waals surface area contributed by atoms with Gasteiger partial charge in [0.05, 0.1) is 11.3 Å². The Hall–Kier alpha value is -1.40. The van der Waals surface area contributed by atoms with Crippen LogP contribution in [0.4, 0.5) is 0 Å². The van der Waals surface area contributed by atoms with Crippen LogP contribution in [0.25, 0.3) is 0 Å². The molecule has 2 rings (SSSR count). The van der Waals surface area contributed by atoms with Crippen molar-refractivity contribution in [1.82, 2.24) is 25.7 Å². The molecule has 6 nitrogen and oxygen atoms in total. The van der Waals surface area contributed by atoms with Crippen LogP contribution in [0.15, 0.2) is 0 Å². The molecule has 1 aliphatic rings. The molecule has 0 aliphatic carbocycles. The van der Waals surface area contributed by atoms with Crippen LogP contribution in [0.1, 0.15) is 21.7 Å². The second-order valence-electron chi connectivity index (χ2n) is 4.66. The number of amides is 1. The van der Waals surface area contributed by atoms with E-state index in [1.54, 1.807) is 0 Å². The topological polar surface area (TPSA) is 73.0 Å². The van der Waals surface area contributed by atoms with E-state index in [9.17, 15) is 4.79 Å². The van der Waals surface area contributed by atoms with Crippen LogP contribution in [0.5, 0.6) is 0 Å². The molecule has 0 atom stereocenters. The van der Waals surface area contributed by atoms with Gasteiger partial charge in [0.15, 0.2) is 0 Å². The smallest absolute Gasteiger partial charge is 0.255 e. The van der Waals surface area contributed by atoms with Crippen LogP contribution in [-0.4, -0.2) is 60.3 Å². The molecule has 0 saturated carbocycles. The van der Waals surface area contributed by atoms with Gasteiger partial charge in [-0.1, -0.05) is 0 Å². The normalized spacial score (nSPS) is 16.8. The summed E-state index contributed by atoms with van der Waals surface area (Å²) in [6, 6.07) is 0. The van der Waals surface area contributed by atoms with Gasteiger partial charge in [0.1, 0.15) is 0 Å². The van der Waals surface area contributed by atoms with Crippen LogP contribution in [0.3, 0.4) is 0 Å². The zero-order chi connectivity index (χ0) is 13.0. The fourth-order valence-electron chi connectivity index (χ4n) is 2.24. The van der Waals surface area contributed by atoms with Gasteiger partial charge in [-0.15, -0.1) is 0 Å². The SMILES string of the molecule is Cc1n[nH]c(C)c1C(=O)NCCN1CCNCC1. The molecule has 0 bridgehead atoms. The van der Waals surface area contributed by atoms with Crippen LogP contribution >= 0.6 is 0 Å². The second-order valence-corrected chi connectivity index (χ2v) is 4.66. The Morgan fingerprint density at radius 3 is 2.72 bits per heavy atom. The Morgan fingerprint density at radius 1 is 1.39 bits per heavy atom. The summed E-state index contributed by atoms with van der Waals surface area (Å²) >= 11 is 0. The predicted molar refractivity (Wildman–Crippen MR) is 69.7 cm³/mol. The van der Waals surface area contributed by atoms with Crippen molar-refractivity contribution in [2.45, 2.75) is 13.8 Å². The number of piperazine rings is 1. The average molecular weight is 251 g/mol. The molecule has 1 saturated heterocycles. The number of hydrogen-bond donors (Lipinski definition) is 3. The molecule has 0 aromatic carbocycles. The number of aromatic amines is 1. The lowest BCUT2D eigenvalue weighted by molar-refractivity contribution is 0.0946. The monoisotopic (exact) mass is 251 g/mol. The first-order valence-electron chi connectivity index (χ1n) is 6.41. The molecule has 3 N–H and O–H groups in total. The van der Waals surface area contributed by atoms with Gasteiger partial charge in [0.2, 0.25) is 0 Å². The van der Waals surface area contributed by atoms with Crippen molar-refractivity contribution in [1.29, 1.82) is 0 Å². The highest BCUT2D eigenvalue weighted by Crippen LogP contribution is 2.08. The van der Waals surface area contributed by atoms with Gasteiger partial charge < -0.3 is 10.6 Å². The lowest BCUT2D eigenvalue weighted by Gasteiger charge is -2.27. The largest absolute Gasteiger partial charge is 0.351 e. The van der Waals surface area contributed by atoms with Crippen LogP contribution in [0, 0.1) is 13.8 Å². The number of nitrogens with one attached hydrogen (secondary N) is 3. The Balaban J connectivity index is 1.78. The third-order valence-corrected chi connectivity index (χ3v) is 3.28. The van der Waals surface area contributed by atoms with Crippen molar-refractivity contribution in [2.75, 3.05) is 39.3 Å². The lowest BCUT2D eigenvalue weighted by atomic mass is 10.2. The summed E-state index contributed by atoms with van der Waals surface area (Å²) in [5.41, 5.74) is 2.26. The average Bonchev–Trinajstić information content (AvgIpc) is 2.70. The van der Waals surface area contributed by atoms with E-state index in [4.69, 9.17) is 0 Å². The molecule has 2 heterocycles. The third-order valence-electron chi connectivity index (χ3n) is 3.28. The molecule has 1 fully saturated rings. The quantitative estimate of drug-likeness (QED) is 0.684. The molecule has 6 heteroatoms. The molecular formula is C12H21N5O. The van der Waals surface area contributed by atoms with Gasteiger partial charge in [-0.2, -0.15) is 5.10 Å². The van der Waals surface area contributed by atoms with E-state index >= 15 is 0 Å². The van der Waals surface area contributed by atoms with E-state index < -0.39 is 0 Å². The lowest BCUT2D eigenvalue weighted by Crippen LogP contribution is -2.46. The van der Waals surface area contributed by atoms with Gasteiger partial charge in [-0.25, -0.2) is 0 Å². The van der Waals surface area contributed by atoms with E-state index in [1.807, 2.05) is 13.8 Å². The molecule has 1 amide bonds. The molecule has 1 aromatic rings. The zero-order valence-electron chi connectivity index (χ0n) is 11.0. The molecule has 0 unspecified atom stereocenters. The molecule has 100 valence electrons. The number of aromatic nitrogens is 2. The molecule has 1 aliphatic heterocycles. The first kappa shape index (κ1) is 13.0. The van der Waals surface area contributed by atoms with Crippen LogP contribution in [0.2, 0.25) is 0 Å². The number of aryl methyl sites for hydroxylation is 2. The van der Waals surface area contributed by atoms with E-state index in [0.29, 0.717) is 12.1 Å². The highest BCUT2D eigenvalue weighted by Gasteiger charge is 2.15. The van der Waals surface area contributed by atoms with Crippen LogP contribution in [-0.2, 0) is 0 Å². The number of hydrogen-bond acceptors (Lipinski definition) is 4.